The minimum atomic E-state index is -0.320. The highest BCUT2D eigenvalue weighted by atomic mass is 16.3. The van der Waals surface area contributed by atoms with Crippen LogP contribution in [0.5, 0.6) is 0 Å². The van der Waals surface area contributed by atoms with Crippen molar-refractivity contribution in [3.63, 3.8) is 0 Å². The Kier molecular flexibility index (Phi) is 4.74. The van der Waals surface area contributed by atoms with Gasteiger partial charge in [0.2, 0.25) is 5.91 Å². The van der Waals surface area contributed by atoms with Gasteiger partial charge in [0.05, 0.1) is 6.10 Å². The molecular formula is C12H24N2O2. The van der Waals surface area contributed by atoms with Crippen molar-refractivity contribution < 1.29 is 9.90 Å². The van der Waals surface area contributed by atoms with Crippen LogP contribution in [0.25, 0.3) is 0 Å². The Bertz CT molecular complexity index is 241. The van der Waals surface area contributed by atoms with E-state index in [1.165, 1.54) is 0 Å². The molecule has 1 fully saturated rings. The highest BCUT2D eigenvalue weighted by Crippen LogP contribution is 2.23. The van der Waals surface area contributed by atoms with Crippen LogP contribution in [0.4, 0.5) is 0 Å². The van der Waals surface area contributed by atoms with Gasteiger partial charge in [-0.25, -0.2) is 0 Å². The first kappa shape index (κ1) is 13.5. The molecule has 3 N–H and O–H groups in total. The molecule has 1 amide bonds. The number of β-amino-alcohol motifs (C(OH)–C–C–N with tert-alkyl or cyclic N) is 1. The average molecular weight is 228 g/mol. The summed E-state index contributed by atoms with van der Waals surface area (Å²) in [5.41, 5.74) is 0.0661. The highest BCUT2D eigenvalue weighted by molar-refractivity contribution is 5.76. The summed E-state index contributed by atoms with van der Waals surface area (Å²) < 4.78 is 0. The van der Waals surface area contributed by atoms with Crippen LogP contribution < -0.4 is 10.6 Å². The normalized spacial score (nSPS) is 25.8. The molecular weight excluding hydrogens is 204 g/mol. The summed E-state index contributed by atoms with van der Waals surface area (Å²) in [7, 11) is 0. The Labute approximate surface area is 97.8 Å². The molecule has 2 unspecified atom stereocenters. The van der Waals surface area contributed by atoms with E-state index in [1.54, 1.807) is 0 Å². The molecule has 0 aromatic heterocycles. The lowest BCUT2D eigenvalue weighted by molar-refractivity contribution is -0.123. The van der Waals surface area contributed by atoms with Gasteiger partial charge in [-0.3, -0.25) is 4.79 Å². The molecule has 1 aliphatic heterocycles. The second-order valence-corrected chi connectivity index (χ2v) is 5.48. The van der Waals surface area contributed by atoms with Gasteiger partial charge in [0.1, 0.15) is 0 Å². The third-order valence-corrected chi connectivity index (χ3v) is 3.46. The zero-order valence-electron chi connectivity index (χ0n) is 10.5. The molecule has 0 saturated carbocycles. The maximum atomic E-state index is 11.7. The summed E-state index contributed by atoms with van der Waals surface area (Å²) in [5, 5.41) is 15.6. The Hall–Kier alpha value is -0.610. The lowest BCUT2D eigenvalue weighted by atomic mass is 9.86. The van der Waals surface area contributed by atoms with Gasteiger partial charge in [0, 0.05) is 32.0 Å². The van der Waals surface area contributed by atoms with Gasteiger partial charge in [-0.05, 0) is 5.41 Å². The molecule has 1 rings (SSSR count). The van der Waals surface area contributed by atoms with Gasteiger partial charge < -0.3 is 15.7 Å². The summed E-state index contributed by atoms with van der Waals surface area (Å²) in [6.07, 6.45) is 1.23. The SMILES string of the molecule is CCC(C)(C)CC(=O)NCC1CNCC1O. The van der Waals surface area contributed by atoms with E-state index < -0.39 is 0 Å². The van der Waals surface area contributed by atoms with Crippen molar-refractivity contribution in [1.82, 2.24) is 10.6 Å². The van der Waals surface area contributed by atoms with Crippen molar-refractivity contribution in [2.24, 2.45) is 11.3 Å². The zero-order chi connectivity index (χ0) is 12.2. The van der Waals surface area contributed by atoms with E-state index in [9.17, 15) is 9.90 Å². The number of aliphatic hydroxyl groups excluding tert-OH is 1. The zero-order valence-corrected chi connectivity index (χ0v) is 10.5. The van der Waals surface area contributed by atoms with Crippen LogP contribution in [0, 0.1) is 11.3 Å². The smallest absolute Gasteiger partial charge is 0.220 e. The quantitative estimate of drug-likeness (QED) is 0.642. The molecule has 0 aliphatic carbocycles. The van der Waals surface area contributed by atoms with Crippen LogP contribution in [0.2, 0.25) is 0 Å². The van der Waals surface area contributed by atoms with Crippen molar-refractivity contribution in [1.29, 1.82) is 0 Å². The number of hydrogen-bond donors (Lipinski definition) is 3. The predicted molar refractivity (Wildman–Crippen MR) is 64.1 cm³/mol. The van der Waals surface area contributed by atoms with Crippen LogP contribution in [-0.2, 0) is 4.79 Å². The number of carbonyl (C=O) groups excluding carboxylic acids is 1. The van der Waals surface area contributed by atoms with Gasteiger partial charge in [-0.2, -0.15) is 0 Å². The number of hydrogen-bond acceptors (Lipinski definition) is 3. The summed E-state index contributed by atoms with van der Waals surface area (Å²) in [5.74, 6) is 0.250. The van der Waals surface area contributed by atoms with Gasteiger partial charge in [-0.15, -0.1) is 0 Å². The van der Waals surface area contributed by atoms with Gasteiger partial charge >= 0.3 is 0 Å². The molecule has 0 spiro atoms. The largest absolute Gasteiger partial charge is 0.391 e. The van der Waals surface area contributed by atoms with Crippen LogP contribution in [0.3, 0.4) is 0 Å². The fourth-order valence-corrected chi connectivity index (χ4v) is 1.79. The maximum Gasteiger partial charge on any atom is 0.220 e. The van der Waals surface area contributed by atoms with E-state index in [1.807, 2.05) is 0 Å². The minimum Gasteiger partial charge on any atom is -0.391 e. The van der Waals surface area contributed by atoms with E-state index in [-0.39, 0.29) is 23.3 Å². The first-order valence-corrected chi connectivity index (χ1v) is 6.10. The Morgan fingerprint density at radius 2 is 2.19 bits per heavy atom. The number of nitrogens with one attached hydrogen (secondary N) is 2. The predicted octanol–water partition coefficient (Wildman–Crippen LogP) is 0.509. The molecule has 1 heterocycles. The van der Waals surface area contributed by atoms with Crippen molar-refractivity contribution in [3.05, 3.63) is 0 Å². The third-order valence-electron chi connectivity index (χ3n) is 3.46. The van der Waals surface area contributed by atoms with E-state index >= 15 is 0 Å². The molecule has 94 valence electrons. The molecule has 0 bridgehead atoms. The van der Waals surface area contributed by atoms with E-state index in [0.29, 0.717) is 19.5 Å². The molecule has 0 aromatic rings. The molecule has 1 saturated heterocycles. The molecule has 4 nitrogen and oxygen atoms in total. The number of carbonyl (C=O) groups is 1. The van der Waals surface area contributed by atoms with Crippen molar-refractivity contribution in [3.8, 4) is 0 Å². The fraction of sp³-hybridized carbons (Fsp3) is 0.917. The lowest BCUT2D eigenvalue weighted by Gasteiger charge is -2.22. The number of amides is 1. The maximum absolute atomic E-state index is 11.7. The van der Waals surface area contributed by atoms with Gasteiger partial charge in [0.15, 0.2) is 0 Å². The molecule has 2 atom stereocenters. The van der Waals surface area contributed by atoms with Crippen LogP contribution >= 0.6 is 0 Å². The molecule has 0 aromatic carbocycles. The van der Waals surface area contributed by atoms with E-state index in [2.05, 4.69) is 31.4 Å². The van der Waals surface area contributed by atoms with Crippen molar-refractivity contribution in [2.45, 2.75) is 39.7 Å². The van der Waals surface area contributed by atoms with Crippen molar-refractivity contribution >= 4 is 5.91 Å². The number of aliphatic hydroxyl groups is 1. The van der Waals surface area contributed by atoms with Crippen LogP contribution in [0.1, 0.15) is 33.6 Å². The molecule has 4 heteroatoms. The highest BCUT2D eigenvalue weighted by Gasteiger charge is 2.26. The first-order valence-electron chi connectivity index (χ1n) is 6.10. The third kappa shape index (κ3) is 4.10. The summed E-state index contributed by atoms with van der Waals surface area (Å²) in [6, 6.07) is 0. The first-order chi connectivity index (χ1) is 7.44. The van der Waals surface area contributed by atoms with Crippen LogP contribution in [-0.4, -0.2) is 36.8 Å². The fourth-order valence-electron chi connectivity index (χ4n) is 1.79. The van der Waals surface area contributed by atoms with Crippen LogP contribution in [0.15, 0.2) is 0 Å². The standard InChI is InChI=1S/C12H24N2O2/c1-4-12(2,3)5-11(16)14-7-9-6-13-8-10(9)15/h9-10,13,15H,4-8H2,1-3H3,(H,14,16). The molecule has 16 heavy (non-hydrogen) atoms. The van der Waals surface area contributed by atoms with Gasteiger partial charge in [0.25, 0.3) is 0 Å². The second-order valence-electron chi connectivity index (χ2n) is 5.48. The van der Waals surface area contributed by atoms with Crippen molar-refractivity contribution in [2.75, 3.05) is 19.6 Å². The average Bonchev–Trinajstić information content (AvgIpc) is 2.60. The monoisotopic (exact) mass is 228 g/mol. The topological polar surface area (TPSA) is 61.4 Å². The Morgan fingerprint density at radius 1 is 1.50 bits per heavy atom. The summed E-state index contributed by atoms with van der Waals surface area (Å²) in [6.45, 7) is 8.29. The Balaban J connectivity index is 2.25. The number of rotatable bonds is 5. The summed E-state index contributed by atoms with van der Waals surface area (Å²) >= 11 is 0. The molecule has 1 aliphatic rings. The second kappa shape index (κ2) is 5.64. The van der Waals surface area contributed by atoms with Gasteiger partial charge in [-0.1, -0.05) is 27.2 Å². The summed E-state index contributed by atoms with van der Waals surface area (Å²) in [4.78, 5) is 11.7. The molecule has 0 radical (unpaired) electrons. The van der Waals surface area contributed by atoms with E-state index in [0.717, 1.165) is 13.0 Å². The minimum absolute atomic E-state index is 0.0661. The Morgan fingerprint density at radius 3 is 2.69 bits per heavy atom. The lowest BCUT2D eigenvalue weighted by Crippen LogP contribution is -2.36. The van der Waals surface area contributed by atoms with E-state index in [4.69, 9.17) is 0 Å².